The quantitative estimate of drug-likeness (QED) is 0.775. The van der Waals surface area contributed by atoms with E-state index in [0.29, 0.717) is 12.3 Å². The first-order chi connectivity index (χ1) is 12.0. The molecule has 0 aliphatic carbocycles. The highest BCUT2D eigenvalue weighted by Crippen LogP contribution is 2.20. The van der Waals surface area contributed by atoms with E-state index in [0.717, 1.165) is 10.5 Å². The van der Waals surface area contributed by atoms with Crippen molar-refractivity contribution in [3.05, 3.63) is 65.7 Å². The summed E-state index contributed by atoms with van der Waals surface area (Å²) >= 11 is 1.49. The number of carbonyl (C=O) groups excluding carboxylic acids is 2. The van der Waals surface area contributed by atoms with Crippen molar-refractivity contribution in [2.24, 2.45) is 0 Å². The number of hydrogen-bond acceptors (Lipinski definition) is 3. The topological polar surface area (TPSA) is 49.4 Å². The molecule has 4 nitrogen and oxygen atoms in total. The second kappa shape index (κ2) is 9.28. The standard InChI is InChI=1S/C20H24N2O2S/c1-15-9-11-18(12-10-15)25-14-19(23)22(16(2)20(24)21-3)13-17-7-5-4-6-8-17/h4-12,16H,13-14H2,1-3H3,(H,21,24). The lowest BCUT2D eigenvalue weighted by molar-refractivity contribution is -0.138. The minimum atomic E-state index is -0.517. The number of likely N-dealkylation sites (N-methyl/N-ethyl adjacent to an activating group) is 1. The van der Waals surface area contributed by atoms with Gasteiger partial charge in [0.1, 0.15) is 6.04 Å². The normalized spacial score (nSPS) is 11.6. The number of aryl methyl sites for hydroxylation is 1. The number of benzene rings is 2. The maximum atomic E-state index is 12.8. The Morgan fingerprint density at radius 3 is 2.32 bits per heavy atom. The Morgan fingerprint density at radius 1 is 1.08 bits per heavy atom. The predicted octanol–water partition coefficient (Wildman–Crippen LogP) is 3.25. The van der Waals surface area contributed by atoms with Gasteiger partial charge in [-0.3, -0.25) is 9.59 Å². The third-order valence-corrected chi connectivity index (χ3v) is 4.99. The van der Waals surface area contributed by atoms with Crippen LogP contribution in [0.15, 0.2) is 59.5 Å². The summed E-state index contributed by atoms with van der Waals surface area (Å²) in [5.41, 5.74) is 2.20. The number of hydrogen-bond donors (Lipinski definition) is 1. The fraction of sp³-hybridized carbons (Fsp3) is 0.300. The van der Waals surface area contributed by atoms with Crippen LogP contribution in [0.4, 0.5) is 0 Å². The average Bonchev–Trinajstić information content (AvgIpc) is 2.65. The molecule has 2 aromatic carbocycles. The Kier molecular flexibility index (Phi) is 7.07. The second-order valence-electron chi connectivity index (χ2n) is 5.90. The van der Waals surface area contributed by atoms with Crippen molar-refractivity contribution in [3.63, 3.8) is 0 Å². The first-order valence-corrected chi connectivity index (χ1v) is 9.24. The summed E-state index contributed by atoms with van der Waals surface area (Å²) in [5.74, 6) is 0.0900. The van der Waals surface area contributed by atoms with Gasteiger partial charge >= 0.3 is 0 Å². The van der Waals surface area contributed by atoms with E-state index in [2.05, 4.69) is 5.32 Å². The Labute approximate surface area is 153 Å². The number of rotatable bonds is 7. The number of thioether (sulfide) groups is 1. The maximum absolute atomic E-state index is 12.8. The summed E-state index contributed by atoms with van der Waals surface area (Å²) in [4.78, 5) is 27.5. The fourth-order valence-corrected chi connectivity index (χ4v) is 3.22. The molecule has 132 valence electrons. The molecule has 0 saturated carbocycles. The van der Waals surface area contributed by atoms with Gasteiger partial charge < -0.3 is 10.2 Å². The van der Waals surface area contributed by atoms with E-state index >= 15 is 0 Å². The molecular formula is C20H24N2O2S. The summed E-state index contributed by atoms with van der Waals surface area (Å²) < 4.78 is 0. The van der Waals surface area contributed by atoms with Crippen LogP contribution >= 0.6 is 11.8 Å². The van der Waals surface area contributed by atoms with Gasteiger partial charge in [0.05, 0.1) is 5.75 Å². The smallest absolute Gasteiger partial charge is 0.242 e. The molecule has 2 rings (SSSR count). The molecule has 0 aliphatic rings. The molecule has 0 spiro atoms. The minimum Gasteiger partial charge on any atom is -0.357 e. The molecule has 1 unspecified atom stereocenters. The van der Waals surface area contributed by atoms with Crippen molar-refractivity contribution in [2.45, 2.75) is 31.3 Å². The van der Waals surface area contributed by atoms with Crippen molar-refractivity contribution in [1.82, 2.24) is 10.2 Å². The molecule has 0 radical (unpaired) electrons. The lowest BCUT2D eigenvalue weighted by Crippen LogP contribution is -2.47. The lowest BCUT2D eigenvalue weighted by Gasteiger charge is -2.28. The Balaban J connectivity index is 2.08. The molecule has 5 heteroatoms. The molecule has 0 bridgehead atoms. The van der Waals surface area contributed by atoms with E-state index < -0.39 is 6.04 Å². The summed E-state index contributed by atoms with van der Waals surface area (Å²) in [5, 5.41) is 2.63. The molecule has 0 fully saturated rings. The predicted molar refractivity (Wildman–Crippen MR) is 102 cm³/mol. The number of amides is 2. The summed E-state index contributed by atoms with van der Waals surface area (Å²) in [7, 11) is 1.59. The van der Waals surface area contributed by atoms with Crippen molar-refractivity contribution >= 4 is 23.6 Å². The van der Waals surface area contributed by atoms with Crippen LogP contribution in [0.2, 0.25) is 0 Å². The number of nitrogens with one attached hydrogen (secondary N) is 1. The van der Waals surface area contributed by atoms with Crippen LogP contribution in [0.1, 0.15) is 18.1 Å². The lowest BCUT2D eigenvalue weighted by atomic mass is 10.1. The Hall–Kier alpha value is -2.27. The van der Waals surface area contributed by atoms with E-state index in [9.17, 15) is 9.59 Å². The minimum absolute atomic E-state index is 0.0504. The number of carbonyl (C=O) groups is 2. The summed E-state index contributed by atoms with van der Waals surface area (Å²) in [6.07, 6.45) is 0. The van der Waals surface area contributed by atoms with Gasteiger partial charge in [-0.05, 0) is 31.5 Å². The molecule has 25 heavy (non-hydrogen) atoms. The third-order valence-electron chi connectivity index (χ3n) is 3.99. The van der Waals surface area contributed by atoms with E-state index in [1.54, 1.807) is 18.9 Å². The average molecular weight is 356 g/mol. The zero-order valence-electron chi connectivity index (χ0n) is 14.9. The summed E-state index contributed by atoms with van der Waals surface area (Å²) in [6.45, 7) is 4.21. The van der Waals surface area contributed by atoms with Crippen LogP contribution in [0, 0.1) is 6.92 Å². The van der Waals surface area contributed by atoms with Crippen LogP contribution in [-0.4, -0.2) is 35.6 Å². The highest BCUT2D eigenvalue weighted by atomic mass is 32.2. The zero-order valence-corrected chi connectivity index (χ0v) is 15.7. The van der Waals surface area contributed by atoms with Crippen LogP contribution in [0.3, 0.4) is 0 Å². The van der Waals surface area contributed by atoms with Crippen molar-refractivity contribution < 1.29 is 9.59 Å². The van der Waals surface area contributed by atoms with E-state index in [-0.39, 0.29) is 11.8 Å². The van der Waals surface area contributed by atoms with Crippen molar-refractivity contribution in [2.75, 3.05) is 12.8 Å². The van der Waals surface area contributed by atoms with Gasteiger partial charge in [-0.25, -0.2) is 0 Å². The molecule has 0 aromatic heterocycles. The second-order valence-corrected chi connectivity index (χ2v) is 6.95. The molecule has 1 N–H and O–H groups in total. The first kappa shape index (κ1) is 19.1. The van der Waals surface area contributed by atoms with Gasteiger partial charge in [-0.15, -0.1) is 11.8 Å². The highest BCUT2D eigenvalue weighted by Gasteiger charge is 2.25. The SMILES string of the molecule is CNC(=O)C(C)N(Cc1ccccc1)C(=O)CSc1ccc(C)cc1. The molecular weight excluding hydrogens is 332 g/mol. The van der Waals surface area contributed by atoms with Crippen molar-refractivity contribution in [1.29, 1.82) is 0 Å². The van der Waals surface area contributed by atoms with E-state index in [1.807, 2.05) is 61.5 Å². The van der Waals surface area contributed by atoms with Crippen LogP contribution in [0.25, 0.3) is 0 Å². The van der Waals surface area contributed by atoms with Crippen LogP contribution in [0.5, 0.6) is 0 Å². The van der Waals surface area contributed by atoms with Gasteiger partial charge in [-0.2, -0.15) is 0 Å². The molecule has 0 saturated heterocycles. The van der Waals surface area contributed by atoms with Gasteiger partial charge in [-0.1, -0.05) is 48.0 Å². The Morgan fingerprint density at radius 2 is 1.72 bits per heavy atom. The fourth-order valence-electron chi connectivity index (χ4n) is 2.43. The van der Waals surface area contributed by atoms with Crippen molar-refractivity contribution in [3.8, 4) is 0 Å². The molecule has 1 atom stereocenters. The summed E-state index contributed by atoms with van der Waals surface area (Å²) in [6, 6.07) is 17.3. The first-order valence-electron chi connectivity index (χ1n) is 8.25. The van der Waals surface area contributed by atoms with Gasteiger partial charge in [0.25, 0.3) is 0 Å². The van der Waals surface area contributed by atoms with Gasteiger partial charge in [0, 0.05) is 18.5 Å². The van der Waals surface area contributed by atoms with E-state index in [4.69, 9.17) is 0 Å². The molecule has 0 aliphatic heterocycles. The third kappa shape index (κ3) is 5.64. The monoisotopic (exact) mass is 356 g/mol. The van der Waals surface area contributed by atoms with Gasteiger partial charge in [0.15, 0.2) is 0 Å². The molecule has 2 aromatic rings. The number of nitrogens with zero attached hydrogens (tertiary/aromatic N) is 1. The maximum Gasteiger partial charge on any atom is 0.242 e. The van der Waals surface area contributed by atoms with E-state index in [1.165, 1.54) is 17.3 Å². The zero-order chi connectivity index (χ0) is 18.2. The molecule has 0 heterocycles. The molecule has 2 amide bonds. The van der Waals surface area contributed by atoms with Crippen LogP contribution < -0.4 is 5.32 Å². The largest absolute Gasteiger partial charge is 0.357 e. The van der Waals surface area contributed by atoms with Crippen LogP contribution in [-0.2, 0) is 16.1 Å². The van der Waals surface area contributed by atoms with Gasteiger partial charge in [0.2, 0.25) is 11.8 Å². The highest BCUT2D eigenvalue weighted by molar-refractivity contribution is 8.00. The Bertz CT molecular complexity index is 701.